The van der Waals surface area contributed by atoms with Crippen LogP contribution in [0.4, 0.5) is 5.69 Å². The predicted molar refractivity (Wildman–Crippen MR) is 114 cm³/mol. The summed E-state index contributed by atoms with van der Waals surface area (Å²) in [6, 6.07) is 10.7. The number of hydrogen-bond acceptors (Lipinski definition) is 5. The fourth-order valence-corrected chi connectivity index (χ4v) is 3.68. The molecule has 0 unspecified atom stereocenters. The second kappa shape index (κ2) is 9.09. The van der Waals surface area contributed by atoms with Crippen molar-refractivity contribution in [2.75, 3.05) is 19.0 Å². The van der Waals surface area contributed by atoms with Gasteiger partial charge in [0.15, 0.2) is 0 Å². The minimum absolute atomic E-state index is 0.00827. The molecule has 0 spiro atoms. The number of esters is 1. The van der Waals surface area contributed by atoms with Crippen LogP contribution in [0.3, 0.4) is 0 Å². The number of hydrogen-bond donors (Lipinski definition) is 1. The van der Waals surface area contributed by atoms with E-state index < -0.39 is 12.2 Å². The molecule has 148 valence electrons. The van der Waals surface area contributed by atoms with Gasteiger partial charge in [0.2, 0.25) is 0 Å². The average Bonchev–Trinajstić information content (AvgIpc) is 2.79. The van der Waals surface area contributed by atoms with Crippen LogP contribution in [0.2, 0.25) is 10.0 Å². The second-order valence-electron chi connectivity index (χ2n) is 6.12. The molecule has 0 fully saturated rings. The van der Waals surface area contributed by atoms with E-state index in [1.165, 1.54) is 0 Å². The van der Waals surface area contributed by atoms with Crippen molar-refractivity contribution in [3.8, 4) is 5.75 Å². The van der Waals surface area contributed by atoms with Crippen molar-refractivity contribution in [2.24, 2.45) is 0 Å². The Bertz CT molecular complexity index is 906. The fraction of sp³-hybridized carbons (Fsp3) is 0.300. The molecule has 8 heteroatoms. The Morgan fingerprint density at radius 3 is 2.68 bits per heavy atom. The number of carbonyl (C=O) groups excluding carboxylic acids is 1. The molecule has 0 bridgehead atoms. The number of methoxy groups -OCH3 is 1. The van der Waals surface area contributed by atoms with Crippen molar-refractivity contribution >= 4 is 52.1 Å². The first-order valence-corrected chi connectivity index (χ1v) is 9.84. The van der Waals surface area contributed by atoms with E-state index in [9.17, 15) is 4.79 Å². The molecule has 0 saturated heterocycles. The zero-order valence-corrected chi connectivity index (χ0v) is 17.7. The highest BCUT2D eigenvalue weighted by atomic mass is 35.5. The molecule has 3 rings (SSSR count). The Morgan fingerprint density at radius 1 is 1.21 bits per heavy atom. The number of nitrogens with one attached hydrogen (secondary N) is 1. The first-order valence-electron chi connectivity index (χ1n) is 8.67. The molecule has 1 aliphatic rings. The lowest BCUT2D eigenvalue weighted by atomic mass is 9.99. The number of rotatable bonds is 5. The largest absolute Gasteiger partial charge is 0.497 e. The Kier molecular flexibility index (Phi) is 6.78. The molecule has 2 atom stereocenters. The van der Waals surface area contributed by atoms with Gasteiger partial charge in [-0.2, -0.15) is 0 Å². The molecule has 0 aromatic heterocycles. The zero-order chi connectivity index (χ0) is 20.3. The fourth-order valence-electron chi connectivity index (χ4n) is 2.98. The smallest absolute Gasteiger partial charge is 0.308 e. The van der Waals surface area contributed by atoms with Gasteiger partial charge < -0.3 is 19.5 Å². The summed E-state index contributed by atoms with van der Waals surface area (Å²) in [6.45, 7) is 2.04. The van der Waals surface area contributed by atoms with Crippen molar-refractivity contribution in [2.45, 2.75) is 25.6 Å². The Morgan fingerprint density at radius 2 is 2.00 bits per heavy atom. The van der Waals surface area contributed by atoms with E-state index in [4.69, 9.17) is 49.6 Å². The van der Waals surface area contributed by atoms with Crippen LogP contribution < -0.4 is 10.1 Å². The summed E-state index contributed by atoms with van der Waals surface area (Å²) >= 11 is 18.2. The van der Waals surface area contributed by atoms with Gasteiger partial charge in [0.25, 0.3) is 0 Å². The molecule has 28 heavy (non-hydrogen) atoms. The molecular formula is C20H19Cl2NO4S. The molecule has 0 radical (unpaired) electrons. The number of ether oxygens (including phenoxy) is 3. The summed E-state index contributed by atoms with van der Waals surface area (Å²) in [7, 11) is 1.57. The molecule has 1 aliphatic heterocycles. The third kappa shape index (κ3) is 4.58. The quantitative estimate of drug-likeness (QED) is 0.511. The van der Waals surface area contributed by atoms with Crippen LogP contribution in [0.15, 0.2) is 36.4 Å². The van der Waals surface area contributed by atoms with Gasteiger partial charge in [0.1, 0.15) is 22.9 Å². The van der Waals surface area contributed by atoms with Gasteiger partial charge in [0, 0.05) is 21.8 Å². The van der Waals surface area contributed by atoms with Gasteiger partial charge in [-0.1, -0.05) is 41.5 Å². The maximum atomic E-state index is 12.0. The zero-order valence-electron chi connectivity index (χ0n) is 15.3. The molecule has 0 amide bonds. The maximum Gasteiger partial charge on any atom is 0.308 e. The Labute approximate surface area is 178 Å². The normalized spacial score (nSPS) is 18.6. The highest BCUT2D eigenvalue weighted by molar-refractivity contribution is 7.80. The molecule has 1 heterocycles. The number of fused-ring (bicyclic) bond motifs is 1. The summed E-state index contributed by atoms with van der Waals surface area (Å²) in [5.74, 6) is 0.241. The number of halogens is 2. The van der Waals surface area contributed by atoms with Crippen molar-refractivity contribution in [3.05, 3.63) is 57.6 Å². The van der Waals surface area contributed by atoms with Crippen LogP contribution in [-0.2, 0) is 14.3 Å². The van der Waals surface area contributed by atoms with Crippen LogP contribution >= 0.6 is 35.4 Å². The lowest BCUT2D eigenvalue weighted by Crippen LogP contribution is -2.31. The van der Waals surface area contributed by atoms with E-state index >= 15 is 0 Å². The van der Waals surface area contributed by atoms with Crippen molar-refractivity contribution < 1.29 is 19.0 Å². The van der Waals surface area contributed by atoms with E-state index in [1.54, 1.807) is 38.3 Å². The molecule has 2 aromatic rings. The molecule has 2 aromatic carbocycles. The van der Waals surface area contributed by atoms with E-state index in [0.717, 1.165) is 11.3 Å². The van der Waals surface area contributed by atoms with Crippen LogP contribution in [0.25, 0.3) is 0 Å². The van der Waals surface area contributed by atoms with Gasteiger partial charge >= 0.3 is 5.97 Å². The third-order valence-electron chi connectivity index (χ3n) is 4.29. The van der Waals surface area contributed by atoms with Crippen molar-refractivity contribution in [1.29, 1.82) is 0 Å². The van der Waals surface area contributed by atoms with Crippen molar-refractivity contribution in [1.82, 2.24) is 0 Å². The summed E-state index contributed by atoms with van der Waals surface area (Å²) in [5.41, 5.74) is 2.23. The number of anilines is 1. The minimum Gasteiger partial charge on any atom is -0.497 e. The summed E-state index contributed by atoms with van der Waals surface area (Å²) in [5, 5.41) is 4.18. The van der Waals surface area contributed by atoms with E-state index in [0.29, 0.717) is 26.3 Å². The monoisotopic (exact) mass is 439 g/mol. The average molecular weight is 440 g/mol. The Hall–Kier alpha value is -1.86. The third-order valence-corrected chi connectivity index (χ3v) is 5.22. The first-order chi connectivity index (χ1) is 13.4. The van der Waals surface area contributed by atoms with Crippen LogP contribution in [-0.4, -0.2) is 30.8 Å². The predicted octanol–water partition coefficient (Wildman–Crippen LogP) is 5.18. The van der Waals surface area contributed by atoms with Crippen LogP contribution in [0.1, 0.15) is 30.6 Å². The molecule has 1 N–H and O–H groups in total. The topological polar surface area (TPSA) is 56.8 Å². The molecular weight excluding hydrogens is 421 g/mol. The Balaban J connectivity index is 2.04. The summed E-state index contributed by atoms with van der Waals surface area (Å²) in [6.07, 6.45) is -1.27. The number of thiocarbonyl (C=S) groups is 1. The lowest BCUT2D eigenvalue weighted by molar-refractivity contribution is -0.145. The molecule has 0 aliphatic carbocycles. The van der Waals surface area contributed by atoms with Crippen LogP contribution in [0, 0.1) is 0 Å². The second-order valence-corrected chi connectivity index (χ2v) is 7.41. The van der Waals surface area contributed by atoms with Gasteiger partial charge in [-0.15, -0.1) is 0 Å². The maximum absolute atomic E-state index is 12.0. The summed E-state index contributed by atoms with van der Waals surface area (Å²) in [4.78, 5) is 12.4. The van der Waals surface area contributed by atoms with Gasteiger partial charge in [0.05, 0.1) is 25.2 Å². The van der Waals surface area contributed by atoms with E-state index in [-0.39, 0.29) is 19.0 Å². The minimum atomic E-state index is -0.677. The molecule has 0 saturated carbocycles. The van der Waals surface area contributed by atoms with Gasteiger partial charge in [-0.05, 0) is 37.3 Å². The lowest BCUT2D eigenvalue weighted by Gasteiger charge is -2.23. The van der Waals surface area contributed by atoms with Crippen molar-refractivity contribution in [3.63, 3.8) is 0 Å². The van der Waals surface area contributed by atoms with Crippen LogP contribution in [0.5, 0.6) is 5.75 Å². The highest BCUT2D eigenvalue weighted by Crippen LogP contribution is 2.41. The summed E-state index contributed by atoms with van der Waals surface area (Å²) < 4.78 is 16.6. The number of carbonyl (C=O) groups is 1. The van der Waals surface area contributed by atoms with Gasteiger partial charge in [-0.25, -0.2) is 0 Å². The number of benzene rings is 2. The van der Waals surface area contributed by atoms with Gasteiger partial charge in [-0.3, -0.25) is 4.79 Å². The SMILES string of the molecule is CCOC(=O)C[C@H]1O[C@H](c2ccc(OC)cc2Cl)c2cc(Cl)ccc2NC1=S. The molecule has 5 nitrogen and oxygen atoms in total. The van der Waals surface area contributed by atoms with E-state index in [1.807, 2.05) is 12.1 Å². The van der Waals surface area contributed by atoms with E-state index in [2.05, 4.69) is 5.32 Å². The standard InChI is InChI=1S/C20H19Cl2NO4S/c1-3-26-18(24)10-17-20(28)23-16-7-4-11(21)8-14(16)19(27-17)13-6-5-12(25-2)9-15(13)22/h4-9,17,19H,3,10H2,1-2H3,(H,23,28)/t17-,19-/m1/s1. The highest BCUT2D eigenvalue weighted by Gasteiger charge is 2.32. The first kappa shape index (κ1) is 20.9.